The maximum absolute atomic E-state index is 12.6. The molecule has 0 radical (unpaired) electrons. The third-order valence-electron chi connectivity index (χ3n) is 8.82. The lowest BCUT2D eigenvalue weighted by atomic mass is 10.1. The van der Waals surface area contributed by atoms with Crippen molar-refractivity contribution < 1.29 is 28.6 Å². The number of hydrogen-bond donors (Lipinski definition) is 0. The van der Waals surface area contributed by atoms with E-state index >= 15 is 0 Å². The third-order valence-corrected chi connectivity index (χ3v) is 8.82. The fourth-order valence-corrected chi connectivity index (χ4v) is 5.61. The summed E-state index contributed by atoms with van der Waals surface area (Å²) in [7, 11) is 0. The van der Waals surface area contributed by atoms with Crippen molar-refractivity contribution in [3.63, 3.8) is 0 Å². The van der Waals surface area contributed by atoms with Crippen molar-refractivity contribution in [1.29, 1.82) is 0 Å². The molecule has 6 nitrogen and oxygen atoms in total. The van der Waals surface area contributed by atoms with Crippen molar-refractivity contribution in [3.05, 3.63) is 48.6 Å². The first-order valence-electron chi connectivity index (χ1n) is 21.1. The Hall–Kier alpha value is -2.63. The van der Waals surface area contributed by atoms with Gasteiger partial charge in [-0.2, -0.15) is 0 Å². The van der Waals surface area contributed by atoms with Crippen LogP contribution in [0.2, 0.25) is 0 Å². The average Bonchev–Trinajstić information content (AvgIpc) is 3.12. The maximum atomic E-state index is 12.6. The summed E-state index contributed by atoms with van der Waals surface area (Å²) in [6.45, 7) is 6.40. The standard InChI is InChI=1S/C45H78O6/c1-4-7-10-13-16-19-22-24-26-29-32-35-38-44(47)50-41-42(40-49-43(46)37-34-31-28-25-21-18-15-12-9-6-3)51-45(48)39-36-33-30-27-23-20-17-14-11-8-5-2/h7,10,14,16-17,19,24,26,42H,4-6,8-9,11-13,15,18,20-23,25,27-41H2,1-3H3/b10-7-,17-14-,19-16-,26-24-. The van der Waals surface area contributed by atoms with Crippen molar-refractivity contribution >= 4 is 17.9 Å². The molecule has 0 amide bonds. The second kappa shape index (κ2) is 40.1. The van der Waals surface area contributed by atoms with Gasteiger partial charge in [0, 0.05) is 19.3 Å². The molecule has 0 bridgehead atoms. The van der Waals surface area contributed by atoms with Crippen LogP contribution >= 0.6 is 0 Å². The van der Waals surface area contributed by atoms with E-state index in [1.807, 2.05) is 0 Å². The summed E-state index contributed by atoms with van der Waals surface area (Å²) < 4.78 is 16.6. The predicted molar refractivity (Wildman–Crippen MR) is 215 cm³/mol. The molecule has 0 N–H and O–H groups in total. The van der Waals surface area contributed by atoms with Gasteiger partial charge in [0.1, 0.15) is 13.2 Å². The number of unbranched alkanes of at least 4 members (excludes halogenated alkanes) is 18. The Balaban J connectivity index is 4.45. The topological polar surface area (TPSA) is 78.9 Å². The van der Waals surface area contributed by atoms with Crippen molar-refractivity contribution in [1.82, 2.24) is 0 Å². The fraction of sp³-hybridized carbons (Fsp3) is 0.756. The van der Waals surface area contributed by atoms with E-state index in [9.17, 15) is 14.4 Å². The summed E-state index contributed by atoms with van der Waals surface area (Å²) >= 11 is 0. The first kappa shape index (κ1) is 48.4. The minimum absolute atomic E-state index is 0.0878. The van der Waals surface area contributed by atoms with Gasteiger partial charge in [-0.3, -0.25) is 14.4 Å². The molecule has 0 aromatic carbocycles. The predicted octanol–water partition coefficient (Wildman–Crippen LogP) is 13.2. The molecule has 0 aromatic rings. The number of carbonyl (C=O) groups is 3. The molecular formula is C45H78O6. The number of esters is 3. The Bertz CT molecular complexity index is 918. The highest BCUT2D eigenvalue weighted by molar-refractivity contribution is 5.71. The summed E-state index contributed by atoms with van der Waals surface area (Å²) in [6.07, 6.45) is 45.2. The van der Waals surface area contributed by atoms with Crippen molar-refractivity contribution in [3.8, 4) is 0 Å². The maximum Gasteiger partial charge on any atom is 0.306 e. The van der Waals surface area contributed by atoms with Gasteiger partial charge in [-0.15, -0.1) is 0 Å². The highest BCUT2D eigenvalue weighted by Gasteiger charge is 2.19. The van der Waals surface area contributed by atoms with Gasteiger partial charge < -0.3 is 14.2 Å². The van der Waals surface area contributed by atoms with Gasteiger partial charge in [0.05, 0.1) is 0 Å². The van der Waals surface area contributed by atoms with Gasteiger partial charge in [0.2, 0.25) is 0 Å². The minimum atomic E-state index is -0.786. The van der Waals surface area contributed by atoms with E-state index in [1.54, 1.807) is 0 Å². The van der Waals surface area contributed by atoms with Crippen LogP contribution in [0.4, 0.5) is 0 Å². The summed E-state index contributed by atoms with van der Waals surface area (Å²) in [5.74, 6) is -0.946. The van der Waals surface area contributed by atoms with Crippen LogP contribution in [0.25, 0.3) is 0 Å². The molecule has 1 atom stereocenters. The lowest BCUT2D eigenvalue weighted by molar-refractivity contribution is -0.167. The highest BCUT2D eigenvalue weighted by atomic mass is 16.6. The van der Waals surface area contributed by atoms with Crippen molar-refractivity contribution in [2.75, 3.05) is 13.2 Å². The third kappa shape index (κ3) is 38.4. The molecular weight excluding hydrogens is 636 g/mol. The molecule has 0 aliphatic carbocycles. The molecule has 294 valence electrons. The first-order valence-corrected chi connectivity index (χ1v) is 21.1. The van der Waals surface area contributed by atoms with Crippen LogP contribution in [-0.4, -0.2) is 37.2 Å². The van der Waals surface area contributed by atoms with Crippen LogP contribution in [0, 0.1) is 0 Å². The SMILES string of the molecule is CC/C=C\C/C=C\C/C=C\CCCCC(=O)OCC(COC(=O)CCCCCCCCCCCC)OC(=O)CCCCCCC/C=C\CCCC. The fourth-order valence-electron chi connectivity index (χ4n) is 5.61. The van der Waals surface area contributed by atoms with Crippen LogP contribution in [0.15, 0.2) is 48.6 Å². The molecule has 0 fully saturated rings. The van der Waals surface area contributed by atoms with Crippen molar-refractivity contribution in [2.45, 2.75) is 207 Å². The second-order valence-electron chi connectivity index (χ2n) is 13.9. The Morgan fingerprint density at radius 1 is 0.412 bits per heavy atom. The van der Waals surface area contributed by atoms with E-state index in [1.165, 1.54) is 70.6 Å². The molecule has 0 saturated heterocycles. The Morgan fingerprint density at radius 2 is 0.784 bits per heavy atom. The summed E-state index contributed by atoms with van der Waals surface area (Å²) in [5, 5.41) is 0. The van der Waals surface area contributed by atoms with Gasteiger partial charge in [-0.25, -0.2) is 0 Å². The van der Waals surface area contributed by atoms with Crippen LogP contribution < -0.4 is 0 Å². The monoisotopic (exact) mass is 715 g/mol. The Morgan fingerprint density at radius 3 is 1.31 bits per heavy atom. The molecule has 0 heterocycles. The number of rotatable bonds is 37. The van der Waals surface area contributed by atoms with Gasteiger partial charge in [-0.1, -0.05) is 159 Å². The second-order valence-corrected chi connectivity index (χ2v) is 13.9. The summed E-state index contributed by atoms with van der Waals surface area (Å²) in [5.41, 5.74) is 0. The van der Waals surface area contributed by atoms with E-state index in [0.717, 1.165) is 89.9 Å². The lowest BCUT2D eigenvalue weighted by Crippen LogP contribution is -2.30. The van der Waals surface area contributed by atoms with E-state index in [-0.39, 0.29) is 31.1 Å². The van der Waals surface area contributed by atoms with E-state index < -0.39 is 6.10 Å². The van der Waals surface area contributed by atoms with Gasteiger partial charge in [0.15, 0.2) is 6.10 Å². The molecule has 1 unspecified atom stereocenters. The molecule has 0 aromatic heterocycles. The van der Waals surface area contributed by atoms with Gasteiger partial charge in [0.25, 0.3) is 0 Å². The number of carbonyl (C=O) groups excluding carboxylic acids is 3. The molecule has 0 spiro atoms. The minimum Gasteiger partial charge on any atom is -0.462 e. The van der Waals surface area contributed by atoms with Crippen LogP contribution in [0.1, 0.15) is 201 Å². The van der Waals surface area contributed by atoms with Gasteiger partial charge >= 0.3 is 17.9 Å². The zero-order chi connectivity index (χ0) is 37.3. The van der Waals surface area contributed by atoms with Crippen LogP contribution in [0.3, 0.4) is 0 Å². The smallest absolute Gasteiger partial charge is 0.306 e. The number of allylic oxidation sites excluding steroid dienone is 8. The number of hydrogen-bond acceptors (Lipinski definition) is 6. The number of ether oxygens (including phenoxy) is 3. The molecule has 0 saturated carbocycles. The van der Waals surface area contributed by atoms with E-state index in [2.05, 4.69) is 69.4 Å². The Labute approximate surface area is 314 Å². The average molecular weight is 715 g/mol. The first-order chi connectivity index (χ1) is 25.0. The molecule has 51 heavy (non-hydrogen) atoms. The van der Waals surface area contributed by atoms with Crippen LogP contribution in [0.5, 0.6) is 0 Å². The lowest BCUT2D eigenvalue weighted by Gasteiger charge is -2.18. The largest absolute Gasteiger partial charge is 0.462 e. The zero-order valence-corrected chi connectivity index (χ0v) is 33.4. The zero-order valence-electron chi connectivity index (χ0n) is 33.4. The Kier molecular flexibility index (Phi) is 38.1. The molecule has 6 heteroatoms. The molecule has 0 rings (SSSR count). The van der Waals surface area contributed by atoms with Crippen molar-refractivity contribution in [2.24, 2.45) is 0 Å². The summed E-state index contributed by atoms with van der Waals surface area (Å²) in [4.78, 5) is 37.5. The normalized spacial score (nSPS) is 12.5. The quantitative estimate of drug-likeness (QED) is 0.0276. The van der Waals surface area contributed by atoms with E-state index in [0.29, 0.717) is 19.3 Å². The van der Waals surface area contributed by atoms with Crippen LogP contribution in [-0.2, 0) is 28.6 Å². The molecule has 0 aliphatic rings. The van der Waals surface area contributed by atoms with Gasteiger partial charge in [-0.05, 0) is 70.6 Å². The molecule has 0 aliphatic heterocycles. The highest BCUT2D eigenvalue weighted by Crippen LogP contribution is 2.13. The summed E-state index contributed by atoms with van der Waals surface area (Å²) in [6, 6.07) is 0. The van der Waals surface area contributed by atoms with E-state index in [4.69, 9.17) is 14.2 Å².